The van der Waals surface area contributed by atoms with Crippen molar-refractivity contribution in [3.05, 3.63) is 12.2 Å². The molecule has 0 aromatic rings. The molecule has 0 fully saturated rings. The van der Waals surface area contributed by atoms with Crippen molar-refractivity contribution in [1.82, 2.24) is 0 Å². The Morgan fingerprint density at radius 1 is 0.339 bits per heavy atom. The molecular formula is C85H212O20Si22. The number of hydrogen-bond donors (Lipinski definition) is 0. The first-order valence-corrected chi connectivity index (χ1v) is 110. The van der Waals surface area contributed by atoms with Gasteiger partial charge in [-0.2, -0.15) is 0 Å². The number of carbonyl (C=O) groups is 3. The zero-order chi connectivity index (χ0) is 99.1. The summed E-state index contributed by atoms with van der Waals surface area (Å²) >= 11 is 0. The van der Waals surface area contributed by atoms with Crippen LogP contribution in [-0.4, -0.2) is 242 Å². The molecule has 0 aliphatic carbocycles. The number of carbonyl (C=O) groups excluding carboxylic acids is 3. The molecule has 0 saturated carbocycles. The van der Waals surface area contributed by atoms with Crippen LogP contribution in [0.1, 0.15) is 158 Å². The predicted octanol–water partition coefficient (Wildman–Crippen LogP) is 24.2. The van der Waals surface area contributed by atoms with Gasteiger partial charge >= 0.3 is 35.5 Å². The summed E-state index contributed by atoms with van der Waals surface area (Å²) in [6, 6.07) is 15.5. The third kappa shape index (κ3) is 77.7. The number of rotatable bonds is 74. The Morgan fingerprint density at radius 2 is 0.685 bits per heavy atom. The normalized spacial score (nSPS) is 15.3. The van der Waals surface area contributed by atoms with Crippen molar-refractivity contribution in [2.24, 2.45) is 10.8 Å². The van der Waals surface area contributed by atoms with Gasteiger partial charge in [0.05, 0.1) is 30.7 Å². The molecule has 42 heteroatoms. The maximum absolute atomic E-state index is 13.0. The van der Waals surface area contributed by atoms with Gasteiger partial charge in [0.25, 0.3) is 0 Å². The third-order valence-electron chi connectivity index (χ3n) is 21.0. The molecule has 760 valence electrons. The van der Waals surface area contributed by atoms with E-state index < -0.39 is 172 Å². The van der Waals surface area contributed by atoms with Gasteiger partial charge in [0.2, 0.25) is 0 Å². The van der Waals surface area contributed by atoms with Crippen molar-refractivity contribution in [1.29, 1.82) is 0 Å². The molecule has 0 radical (unpaired) electrons. The van der Waals surface area contributed by atoms with Gasteiger partial charge in [-0.25, -0.2) is 4.79 Å². The van der Waals surface area contributed by atoms with Crippen molar-refractivity contribution < 1.29 is 86.8 Å². The van der Waals surface area contributed by atoms with Crippen LogP contribution in [0.15, 0.2) is 12.2 Å². The first-order valence-electron chi connectivity index (χ1n) is 50.1. The second-order valence-corrected chi connectivity index (χ2v) is 129. The van der Waals surface area contributed by atoms with E-state index in [0.29, 0.717) is 31.8 Å². The number of unbranched alkanes of at least 4 members (excludes halogenated alkanes) is 3. The minimum Gasteiger partial charge on any atom is -0.465 e. The van der Waals surface area contributed by atoms with Gasteiger partial charge in [0.1, 0.15) is 39.1 Å². The molecular weight excluding hydrogens is 1960 g/mol. The lowest BCUT2D eigenvalue weighted by molar-refractivity contribution is -0.156. The fraction of sp³-hybridized carbons (Fsp3) is 0.941. The van der Waals surface area contributed by atoms with Crippen LogP contribution in [0.25, 0.3) is 0 Å². The zero-order valence-electron chi connectivity index (χ0n) is 91.7. The van der Waals surface area contributed by atoms with Gasteiger partial charge < -0.3 is 72.4 Å². The van der Waals surface area contributed by atoms with Gasteiger partial charge in [-0.05, 0) is 367 Å². The molecule has 0 bridgehead atoms. The number of hydrogen-bond acceptors (Lipinski definition) is 20. The van der Waals surface area contributed by atoms with Crippen LogP contribution in [0.3, 0.4) is 0 Å². The second-order valence-electron chi connectivity index (χ2n) is 47.9. The Bertz CT molecular complexity index is 2850. The summed E-state index contributed by atoms with van der Waals surface area (Å²) in [6.45, 7) is 102. The molecule has 0 aliphatic rings. The molecule has 0 spiro atoms. The van der Waals surface area contributed by atoms with Gasteiger partial charge in [-0.1, -0.05) is 99.0 Å². The van der Waals surface area contributed by atoms with E-state index >= 15 is 0 Å². The van der Waals surface area contributed by atoms with Crippen molar-refractivity contribution >= 4 is 210 Å². The van der Waals surface area contributed by atoms with Gasteiger partial charge in [-0.15, -0.1) is 0 Å². The average Bonchev–Trinajstić information content (AvgIpc) is 0.797. The maximum atomic E-state index is 13.0. The largest absolute Gasteiger partial charge is 0.469 e. The summed E-state index contributed by atoms with van der Waals surface area (Å²) in [7, 11) is -36.2. The Balaban J connectivity index is -0.00000213. The Morgan fingerprint density at radius 3 is 1.03 bits per heavy atom. The Hall–Kier alpha value is 2.36. The quantitative estimate of drug-likeness (QED) is 0.0182. The van der Waals surface area contributed by atoms with E-state index in [1.807, 2.05) is 27.7 Å². The van der Waals surface area contributed by atoms with E-state index in [2.05, 4.69) is 263 Å². The van der Waals surface area contributed by atoms with Crippen molar-refractivity contribution in [2.45, 2.75) is 472 Å². The molecule has 0 amide bonds. The summed E-state index contributed by atoms with van der Waals surface area (Å²) in [5.74, 6) is -0.375. The minimum atomic E-state index is -2.96. The van der Waals surface area contributed by atoms with Crippen LogP contribution in [0, 0.1) is 10.8 Å². The molecule has 127 heavy (non-hydrogen) atoms. The van der Waals surface area contributed by atoms with E-state index in [1.165, 1.54) is 68.0 Å². The number of ether oxygens (including phenoxy) is 3. The van der Waals surface area contributed by atoms with Crippen molar-refractivity contribution in [2.75, 3.05) is 32.3 Å². The lowest BCUT2D eigenvalue weighted by atomic mass is 9.83. The summed E-state index contributed by atoms with van der Waals surface area (Å²) < 4.78 is 113. The molecule has 20 nitrogen and oxygen atoms in total. The first-order chi connectivity index (χ1) is 57.5. The highest BCUT2D eigenvalue weighted by molar-refractivity contribution is 6.93. The van der Waals surface area contributed by atoms with E-state index in [0.717, 1.165) is 125 Å². The summed E-state index contributed by atoms with van der Waals surface area (Å²) in [5, 5.41) is 0. The van der Waals surface area contributed by atoms with Crippen molar-refractivity contribution in [3.63, 3.8) is 0 Å². The van der Waals surface area contributed by atoms with Crippen LogP contribution < -0.4 is 0 Å². The lowest BCUT2D eigenvalue weighted by Gasteiger charge is -2.44. The SMILES string of the molecule is C=C(CCC)C(=O)OCCCC[SiH](CO[Si](C)(C)CCC[SiH2]O[Si](C)(C)CCC[SiH2]O[Si](C)(C)C)O[Si](C)(C)CC[Si](O[Si](C)(C)C)(O[Si](C)(C)C)O[Si](C)(C)C.CCCC(C)(CC)C(=O)OCCCC[SiH](CO[SiH](C)CCC[SiH2]O[Si](C)(C)CCC[SiH2]O[Si](C)(C)C)O[Si](C)(C)CC[Si](O[Si](C)(C)C)(O[Si](C)(C)C)O[Si](C)(C)C.CCCCOC(=O)C(C)(C)CC. The smallest absolute Gasteiger partial charge is 0.465 e. The predicted molar refractivity (Wildman–Crippen MR) is 606 cm³/mol. The van der Waals surface area contributed by atoms with E-state index in [4.69, 9.17) is 72.4 Å². The van der Waals surface area contributed by atoms with E-state index in [1.54, 1.807) is 0 Å². The highest BCUT2D eigenvalue weighted by Crippen LogP contribution is 2.37. The summed E-state index contributed by atoms with van der Waals surface area (Å²) in [6.07, 6.45) is 17.3. The summed E-state index contributed by atoms with van der Waals surface area (Å²) in [5.41, 5.74) is -0.129. The van der Waals surface area contributed by atoms with Gasteiger partial charge in [0.15, 0.2) is 135 Å². The zero-order valence-corrected chi connectivity index (χ0v) is 116. The van der Waals surface area contributed by atoms with Crippen molar-refractivity contribution in [3.8, 4) is 0 Å². The molecule has 4 unspecified atom stereocenters. The van der Waals surface area contributed by atoms with Gasteiger partial charge in [-0.3, -0.25) is 9.59 Å². The molecule has 0 rings (SSSR count). The van der Waals surface area contributed by atoms with E-state index in [9.17, 15) is 14.4 Å². The molecule has 0 aromatic heterocycles. The third-order valence-corrected chi connectivity index (χ3v) is 87.7. The van der Waals surface area contributed by atoms with Crippen LogP contribution >= 0.6 is 0 Å². The average molecular weight is 2170 g/mol. The summed E-state index contributed by atoms with van der Waals surface area (Å²) in [4.78, 5) is 36.6. The van der Waals surface area contributed by atoms with Crippen LogP contribution in [0.2, 0.25) is 314 Å². The molecule has 0 N–H and O–H groups in total. The topological polar surface area (TPSA) is 208 Å². The van der Waals surface area contributed by atoms with E-state index in [-0.39, 0.29) is 48.3 Å². The minimum absolute atomic E-state index is 0.0447. The van der Waals surface area contributed by atoms with Crippen LogP contribution in [0.5, 0.6) is 0 Å². The van der Waals surface area contributed by atoms with Gasteiger partial charge in [0, 0.05) is 30.1 Å². The molecule has 4 atom stereocenters. The molecule has 0 saturated heterocycles. The molecule has 0 aromatic carbocycles. The lowest BCUT2D eigenvalue weighted by Crippen LogP contribution is -2.61. The first kappa shape index (κ1) is 133. The monoisotopic (exact) mass is 2170 g/mol. The fourth-order valence-corrected chi connectivity index (χ4v) is 86.7. The van der Waals surface area contributed by atoms with Crippen LogP contribution in [-0.2, 0) is 86.8 Å². The maximum Gasteiger partial charge on any atom is 0.469 e. The Labute approximate surface area is 816 Å². The second kappa shape index (κ2) is 63.3. The molecule has 0 heterocycles. The Kier molecular flexibility index (Phi) is 66.5. The highest BCUT2D eigenvalue weighted by Gasteiger charge is 2.53. The number of esters is 3. The van der Waals surface area contributed by atoms with Crippen LogP contribution in [0.4, 0.5) is 0 Å². The standard InChI is InChI=1S/C38H98O9Si11.C37H94O9Si11.C10H20O2/c1-21-27-38(3,22-2)37(39)40-28-23-24-32-51(36-41-50(4)31-25-29-49-43-56(17,18)33-26-30-48-42-52(5,6)7)44-57(19,20)34-35-58(45-53(8,9)10,46-54(11,12)13)47-55(14,15)16;1-21-26-36(2)37(38)39-27-22-23-30-49(35-40-54(15,16)31-24-29-48-42-55(17,18)32-25-28-47-41-50(3,4)5)43-56(19,20)33-34-57(44-51(6,7)8,45-52(9,10)11)46-53(12,13)14;1-5-7-8-12-9(11)10(3,4)6-2/h50-51H,21-36,48-49H2,1-20H3;49H,2,21-35,47-48H2,1,3-20H3;5-8H2,1-4H3. The molecule has 0 aliphatic heterocycles. The fourth-order valence-electron chi connectivity index (χ4n) is 13.9. The highest BCUT2D eigenvalue weighted by atomic mass is 28.5.